The van der Waals surface area contributed by atoms with Gasteiger partial charge in [0.05, 0.1) is 25.1 Å². The fraction of sp³-hybridized carbons (Fsp3) is 0.375. The molecule has 3 atom stereocenters. The van der Waals surface area contributed by atoms with Crippen LogP contribution in [0, 0.1) is 19.8 Å². The summed E-state index contributed by atoms with van der Waals surface area (Å²) in [4.78, 5) is 42.4. The first-order valence-electron chi connectivity index (χ1n) is 10.2. The Balaban J connectivity index is 1.65. The minimum Gasteiger partial charge on any atom is -0.469 e. The first-order chi connectivity index (χ1) is 14.4. The second-order valence-corrected chi connectivity index (χ2v) is 8.13. The Morgan fingerprint density at radius 2 is 1.67 bits per heavy atom. The second-order valence-electron chi connectivity index (χ2n) is 8.13. The normalized spacial score (nSPS) is 23.3. The van der Waals surface area contributed by atoms with Crippen molar-refractivity contribution >= 4 is 17.8 Å². The average Bonchev–Trinajstić information content (AvgIpc) is 3.13. The van der Waals surface area contributed by atoms with Crippen molar-refractivity contribution in [3.8, 4) is 0 Å². The summed E-state index contributed by atoms with van der Waals surface area (Å²) in [5.74, 6) is -1.03. The van der Waals surface area contributed by atoms with Gasteiger partial charge in [-0.1, -0.05) is 48.5 Å². The first kappa shape index (κ1) is 20.1. The van der Waals surface area contributed by atoms with Gasteiger partial charge in [0, 0.05) is 12.1 Å². The molecule has 6 heteroatoms. The lowest BCUT2D eigenvalue weighted by Gasteiger charge is -2.40. The highest BCUT2D eigenvalue weighted by atomic mass is 16.5. The summed E-state index contributed by atoms with van der Waals surface area (Å²) in [6, 6.07) is 14.7. The summed E-state index contributed by atoms with van der Waals surface area (Å²) in [6.07, 6.45) is 0.481. The van der Waals surface area contributed by atoms with Gasteiger partial charge in [0.15, 0.2) is 0 Å². The SMILES string of the molecule is COC(=O)[C@H]1C[C@H]2CN(C(=O)c3c(C)cccc3C)CC(=O)N2[C@H]1c1ccccc1. The summed E-state index contributed by atoms with van der Waals surface area (Å²) >= 11 is 0. The van der Waals surface area contributed by atoms with Crippen molar-refractivity contribution in [3.63, 3.8) is 0 Å². The lowest BCUT2D eigenvalue weighted by Crippen LogP contribution is -2.56. The maximum Gasteiger partial charge on any atom is 0.311 e. The Hall–Kier alpha value is -3.15. The van der Waals surface area contributed by atoms with Gasteiger partial charge in [-0.15, -0.1) is 0 Å². The molecule has 0 bridgehead atoms. The summed E-state index contributed by atoms with van der Waals surface area (Å²) in [7, 11) is 1.38. The molecule has 2 saturated heterocycles. The van der Waals surface area contributed by atoms with Crippen LogP contribution in [-0.4, -0.2) is 53.8 Å². The lowest BCUT2D eigenvalue weighted by atomic mass is 9.93. The van der Waals surface area contributed by atoms with Gasteiger partial charge in [-0.25, -0.2) is 0 Å². The number of fused-ring (bicyclic) bond motifs is 1. The zero-order chi connectivity index (χ0) is 21.4. The molecule has 2 aliphatic heterocycles. The Morgan fingerprint density at radius 3 is 2.30 bits per heavy atom. The molecule has 0 aromatic heterocycles. The Bertz CT molecular complexity index is 968. The standard InChI is InChI=1S/C24H26N2O4/c1-15-8-7-9-16(2)21(15)23(28)25-13-18-12-19(24(29)30-3)22(26(18)20(27)14-25)17-10-5-4-6-11-17/h4-11,18-19,22H,12-14H2,1-3H3/t18-,19-,22-/m0/s1. The van der Waals surface area contributed by atoms with Crippen molar-refractivity contribution in [2.45, 2.75) is 32.4 Å². The van der Waals surface area contributed by atoms with Crippen molar-refractivity contribution in [2.24, 2.45) is 5.92 Å². The lowest BCUT2D eigenvalue weighted by molar-refractivity contribution is -0.147. The van der Waals surface area contributed by atoms with Crippen LogP contribution in [0.5, 0.6) is 0 Å². The van der Waals surface area contributed by atoms with E-state index < -0.39 is 5.92 Å². The molecule has 4 rings (SSSR count). The number of methoxy groups -OCH3 is 1. The predicted molar refractivity (Wildman–Crippen MR) is 112 cm³/mol. The molecular formula is C24H26N2O4. The molecule has 30 heavy (non-hydrogen) atoms. The second kappa shape index (κ2) is 7.94. The summed E-state index contributed by atoms with van der Waals surface area (Å²) in [5.41, 5.74) is 3.37. The Morgan fingerprint density at radius 1 is 1.00 bits per heavy atom. The number of esters is 1. The number of amides is 2. The van der Waals surface area contributed by atoms with Crippen molar-refractivity contribution in [1.29, 1.82) is 0 Å². The number of aryl methyl sites for hydroxylation is 2. The van der Waals surface area contributed by atoms with Crippen LogP contribution < -0.4 is 0 Å². The monoisotopic (exact) mass is 406 g/mol. The highest BCUT2D eigenvalue weighted by Crippen LogP contribution is 2.43. The minimum atomic E-state index is -0.443. The smallest absolute Gasteiger partial charge is 0.311 e. The molecule has 0 unspecified atom stereocenters. The number of piperazine rings is 1. The van der Waals surface area contributed by atoms with Crippen molar-refractivity contribution < 1.29 is 19.1 Å². The van der Waals surface area contributed by atoms with Gasteiger partial charge in [-0.2, -0.15) is 0 Å². The van der Waals surface area contributed by atoms with E-state index in [1.165, 1.54) is 7.11 Å². The van der Waals surface area contributed by atoms with Crippen LogP contribution in [-0.2, 0) is 14.3 Å². The fourth-order valence-electron chi connectivity index (χ4n) is 4.93. The molecule has 0 radical (unpaired) electrons. The molecule has 0 saturated carbocycles. The van der Waals surface area contributed by atoms with E-state index >= 15 is 0 Å². The molecule has 2 heterocycles. The van der Waals surface area contributed by atoms with Crippen LogP contribution in [0.2, 0.25) is 0 Å². The van der Waals surface area contributed by atoms with E-state index in [0.29, 0.717) is 18.5 Å². The van der Waals surface area contributed by atoms with Gasteiger partial charge >= 0.3 is 5.97 Å². The van der Waals surface area contributed by atoms with Gasteiger partial charge in [0.1, 0.15) is 6.54 Å². The maximum atomic E-state index is 13.3. The van der Waals surface area contributed by atoms with Crippen LogP contribution in [0.1, 0.15) is 39.5 Å². The van der Waals surface area contributed by atoms with Gasteiger partial charge < -0.3 is 14.5 Å². The van der Waals surface area contributed by atoms with Gasteiger partial charge in [0.2, 0.25) is 5.91 Å². The predicted octanol–water partition coefficient (Wildman–Crippen LogP) is 2.89. The summed E-state index contributed by atoms with van der Waals surface area (Å²) < 4.78 is 5.04. The van der Waals surface area contributed by atoms with Crippen LogP contribution in [0.4, 0.5) is 0 Å². The molecule has 0 spiro atoms. The van der Waals surface area contributed by atoms with Gasteiger partial charge in [-0.05, 0) is 37.0 Å². The van der Waals surface area contributed by atoms with E-state index in [1.54, 1.807) is 9.80 Å². The number of carbonyl (C=O) groups excluding carboxylic acids is 3. The van der Waals surface area contributed by atoms with Gasteiger partial charge in [-0.3, -0.25) is 14.4 Å². The van der Waals surface area contributed by atoms with E-state index in [2.05, 4.69) is 0 Å². The number of rotatable bonds is 3. The number of nitrogens with zero attached hydrogens (tertiary/aromatic N) is 2. The molecule has 0 aliphatic carbocycles. The maximum absolute atomic E-state index is 13.3. The molecule has 2 aromatic rings. The van der Waals surface area contributed by atoms with Crippen molar-refractivity contribution in [3.05, 3.63) is 70.8 Å². The molecular weight excluding hydrogens is 380 g/mol. The van der Waals surface area contributed by atoms with E-state index in [4.69, 9.17) is 4.74 Å². The van der Waals surface area contributed by atoms with E-state index in [1.807, 2.05) is 62.4 Å². The number of hydrogen-bond donors (Lipinski definition) is 0. The van der Waals surface area contributed by atoms with Crippen LogP contribution in [0.25, 0.3) is 0 Å². The Labute approximate surface area is 176 Å². The van der Waals surface area contributed by atoms with E-state index in [-0.39, 0.29) is 36.4 Å². The van der Waals surface area contributed by atoms with Crippen LogP contribution >= 0.6 is 0 Å². The van der Waals surface area contributed by atoms with Gasteiger partial charge in [0.25, 0.3) is 5.91 Å². The quantitative estimate of drug-likeness (QED) is 0.735. The molecule has 0 N–H and O–H groups in total. The molecule has 6 nitrogen and oxygen atoms in total. The molecule has 2 fully saturated rings. The highest BCUT2D eigenvalue weighted by molar-refractivity contribution is 5.99. The largest absolute Gasteiger partial charge is 0.469 e. The zero-order valence-electron chi connectivity index (χ0n) is 17.5. The Kier molecular flexibility index (Phi) is 5.33. The minimum absolute atomic E-state index is 0.0142. The number of ether oxygens (including phenoxy) is 1. The number of hydrogen-bond acceptors (Lipinski definition) is 4. The third kappa shape index (κ3) is 3.36. The average molecular weight is 406 g/mol. The molecule has 2 aromatic carbocycles. The van der Waals surface area contributed by atoms with Crippen molar-refractivity contribution in [2.75, 3.05) is 20.2 Å². The fourth-order valence-corrected chi connectivity index (χ4v) is 4.93. The summed E-state index contributed by atoms with van der Waals surface area (Å²) in [6.45, 7) is 4.24. The van der Waals surface area contributed by atoms with Crippen molar-refractivity contribution in [1.82, 2.24) is 9.80 Å². The highest BCUT2D eigenvalue weighted by Gasteiger charge is 2.51. The zero-order valence-corrected chi connectivity index (χ0v) is 17.5. The molecule has 2 amide bonds. The van der Waals surface area contributed by atoms with Crippen LogP contribution in [0.3, 0.4) is 0 Å². The topological polar surface area (TPSA) is 66.9 Å². The number of carbonyl (C=O) groups is 3. The molecule has 2 aliphatic rings. The summed E-state index contributed by atoms with van der Waals surface area (Å²) in [5, 5.41) is 0. The van der Waals surface area contributed by atoms with E-state index in [9.17, 15) is 14.4 Å². The molecule has 156 valence electrons. The van der Waals surface area contributed by atoms with Crippen LogP contribution in [0.15, 0.2) is 48.5 Å². The third-order valence-corrected chi connectivity index (χ3v) is 6.27. The number of benzene rings is 2. The first-order valence-corrected chi connectivity index (χ1v) is 10.2. The third-order valence-electron chi connectivity index (χ3n) is 6.27. The van der Waals surface area contributed by atoms with E-state index in [0.717, 1.165) is 16.7 Å².